The molecule has 0 bridgehead atoms. The number of rotatable bonds is 0. The summed E-state index contributed by atoms with van der Waals surface area (Å²) in [4.78, 5) is 9.81. The van der Waals surface area contributed by atoms with E-state index in [1.807, 2.05) is 0 Å². The first-order valence-electron chi connectivity index (χ1n) is 1.43. The van der Waals surface area contributed by atoms with Crippen LogP contribution in [0.2, 0.25) is 0 Å². The second-order valence-electron chi connectivity index (χ2n) is 0.658. The van der Waals surface area contributed by atoms with Crippen LogP contribution >= 0.6 is 0 Å². The second kappa shape index (κ2) is 12.1. The first-order valence-corrected chi connectivity index (χ1v) is 3.06. The van der Waals surface area contributed by atoms with Crippen LogP contribution in [0.1, 0.15) is 0 Å². The molecule has 0 aromatic heterocycles. The van der Waals surface area contributed by atoms with Crippen molar-refractivity contribution in [2.45, 2.75) is 0 Å². The summed E-state index contributed by atoms with van der Waals surface area (Å²) in [5, 5.41) is 0. The van der Waals surface area contributed by atoms with Gasteiger partial charge in [0, 0.05) is 0 Å². The van der Waals surface area contributed by atoms with Crippen molar-refractivity contribution in [1.82, 2.24) is 0 Å². The molecule has 0 aliphatic carbocycles. The third kappa shape index (κ3) is 11.2. The van der Waals surface area contributed by atoms with Gasteiger partial charge in [-0.05, 0) is 0 Å². The van der Waals surface area contributed by atoms with Gasteiger partial charge in [-0.25, -0.2) is 4.79 Å². The Kier molecular flexibility index (Phi) is 25.2. The molecular formula is CH6Al2Na2O3. The molecule has 8 heavy (non-hydrogen) atoms. The van der Waals surface area contributed by atoms with Crippen molar-refractivity contribution < 1.29 is 12.4 Å². The van der Waals surface area contributed by atoms with Crippen LogP contribution in [0.15, 0.2) is 0 Å². The van der Waals surface area contributed by atoms with E-state index in [0.29, 0.717) is 33.2 Å². The second-order valence-corrected chi connectivity index (χ2v) is 1.47. The van der Waals surface area contributed by atoms with Crippen molar-refractivity contribution in [1.29, 1.82) is 0 Å². The molecule has 0 unspecified atom stereocenters. The zero-order valence-corrected chi connectivity index (χ0v) is 7.72. The van der Waals surface area contributed by atoms with E-state index in [1.54, 1.807) is 0 Å². The Morgan fingerprint density at radius 2 is 1.38 bits per heavy atom. The van der Waals surface area contributed by atoms with Crippen molar-refractivity contribution in [2.75, 3.05) is 0 Å². The van der Waals surface area contributed by atoms with Gasteiger partial charge in [-0.3, -0.25) is 0 Å². The molecule has 0 N–H and O–H groups in total. The van der Waals surface area contributed by atoms with Gasteiger partial charge < -0.3 is 7.58 Å². The Bertz CT molecular complexity index is 53.2. The van der Waals surface area contributed by atoms with E-state index in [2.05, 4.69) is 7.58 Å². The normalized spacial score (nSPS) is 5.00. The summed E-state index contributed by atoms with van der Waals surface area (Å²) in [5.41, 5.74) is 0. The van der Waals surface area contributed by atoms with Crippen LogP contribution in [0.4, 0.5) is 4.79 Å². The molecule has 0 heterocycles. The number of carbonyl (C=O) groups is 1. The minimum absolute atomic E-state index is 0. The number of hydrogen-bond acceptors (Lipinski definition) is 3. The molecule has 0 aromatic rings. The summed E-state index contributed by atoms with van der Waals surface area (Å²) >= 11 is 0.860. The molecule has 3 nitrogen and oxygen atoms in total. The summed E-state index contributed by atoms with van der Waals surface area (Å²) in [6, 6.07) is 0. The molecule has 0 radical (unpaired) electrons. The molecule has 0 saturated heterocycles. The summed E-state index contributed by atoms with van der Waals surface area (Å²) in [7, 11) is 0. The third-order valence-corrected chi connectivity index (χ3v) is 1.00. The van der Waals surface area contributed by atoms with Crippen molar-refractivity contribution in [3.63, 3.8) is 0 Å². The van der Waals surface area contributed by atoms with E-state index in [0.717, 1.165) is 0 Å². The summed E-state index contributed by atoms with van der Waals surface area (Å²) in [6.45, 7) is 0. The predicted octanol–water partition coefficient (Wildman–Crippen LogP) is -3.06. The van der Waals surface area contributed by atoms with Crippen molar-refractivity contribution in [3.05, 3.63) is 0 Å². The fraction of sp³-hybridized carbons (Fsp3) is 0. The van der Waals surface area contributed by atoms with Gasteiger partial charge in [-0.1, -0.05) is 0 Å². The molecule has 0 aromatic carbocycles. The zero-order valence-electron chi connectivity index (χ0n) is 3.72. The van der Waals surface area contributed by atoms with Gasteiger partial charge in [0.25, 0.3) is 0 Å². The van der Waals surface area contributed by atoms with E-state index in [9.17, 15) is 4.79 Å². The van der Waals surface area contributed by atoms with Crippen LogP contribution in [0.5, 0.6) is 0 Å². The first kappa shape index (κ1) is 16.7. The molecule has 0 saturated carbocycles. The summed E-state index contributed by atoms with van der Waals surface area (Å²) in [5.74, 6) is 0. The molecule has 0 spiro atoms. The Morgan fingerprint density at radius 1 is 1.12 bits per heavy atom. The molecule has 0 fully saturated rings. The maximum atomic E-state index is 9.81. The average molecular weight is 166 g/mol. The fourth-order valence-electron chi connectivity index (χ4n) is 0.0833. The van der Waals surface area contributed by atoms with E-state index >= 15 is 0 Å². The predicted molar refractivity (Wildman–Crippen MR) is 39.0 cm³/mol. The van der Waals surface area contributed by atoms with Crippen LogP contribution in [0.25, 0.3) is 0 Å². The molecule has 0 aliphatic heterocycles. The van der Waals surface area contributed by atoms with Gasteiger partial charge in [-0.2, -0.15) is 0 Å². The topological polar surface area (TPSA) is 35.5 Å². The average Bonchev–Trinajstić information content (AvgIpc) is 1.65. The van der Waals surface area contributed by atoms with Crippen molar-refractivity contribution >= 4 is 98.5 Å². The Labute approximate surface area is 109 Å². The zero-order chi connectivity index (χ0) is 4.99. The molecule has 7 heteroatoms. The van der Waals surface area contributed by atoms with Crippen molar-refractivity contribution in [2.24, 2.45) is 0 Å². The molecule has 0 rings (SSSR count). The number of hydrogen-bond donors (Lipinski definition) is 0. The summed E-state index contributed by atoms with van der Waals surface area (Å²) in [6.07, 6.45) is -0.534. The van der Waals surface area contributed by atoms with Gasteiger partial charge in [-0.15, -0.1) is 0 Å². The van der Waals surface area contributed by atoms with Gasteiger partial charge in [0.05, 0.1) is 0 Å². The van der Waals surface area contributed by atoms with Gasteiger partial charge in [0.1, 0.15) is 0 Å². The van der Waals surface area contributed by atoms with Crippen molar-refractivity contribution in [3.8, 4) is 0 Å². The Morgan fingerprint density at radius 3 is 1.38 bits per heavy atom. The van der Waals surface area contributed by atoms with Gasteiger partial charge in [0.15, 0.2) is 0 Å². The van der Waals surface area contributed by atoms with E-state index in [-0.39, 0.29) is 59.1 Å². The molecule has 0 atom stereocenters. The van der Waals surface area contributed by atoms with Crippen LogP contribution < -0.4 is 0 Å². The summed E-state index contributed by atoms with van der Waals surface area (Å²) < 4.78 is 8.42. The standard InChI is InChI=1S/CH2O3.2Al.2Na.6H/c2-1(3)4;;;;;;;;;;/h(H2,2,3,4);;;;;;;;;;/q;2*+1;;;;;;;;/p-2. The molecule has 0 amide bonds. The quantitative estimate of drug-likeness (QED) is 0.358. The molecule has 0 aliphatic rings. The van der Waals surface area contributed by atoms with E-state index < -0.39 is 6.16 Å². The van der Waals surface area contributed by atoms with Crippen LogP contribution in [0.3, 0.4) is 0 Å². The number of carbonyl (C=O) groups excluding carboxylic acids is 1. The molecule has 36 valence electrons. The van der Waals surface area contributed by atoms with Crippen LogP contribution in [0, 0.1) is 0 Å². The fourth-order valence-corrected chi connectivity index (χ4v) is 0.750. The SMILES string of the molecule is O=C([O][AlH2])[O][AlH2].[NaH].[NaH]. The van der Waals surface area contributed by atoms with Crippen LogP contribution in [-0.4, -0.2) is 98.5 Å². The van der Waals surface area contributed by atoms with E-state index in [1.165, 1.54) is 0 Å². The first-order chi connectivity index (χ1) is 2.81. The van der Waals surface area contributed by atoms with E-state index in [4.69, 9.17) is 0 Å². The minimum atomic E-state index is -0.534. The Balaban J connectivity index is -0.000000125. The van der Waals surface area contributed by atoms with Gasteiger partial charge >= 0.3 is 98.5 Å². The van der Waals surface area contributed by atoms with Gasteiger partial charge in [0.2, 0.25) is 0 Å². The maximum absolute atomic E-state index is 9.81. The van der Waals surface area contributed by atoms with Crippen LogP contribution in [-0.2, 0) is 7.58 Å². The molecular weight excluding hydrogens is 160 g/mol. The monoisotopic (exact) mass is 166 g/mol. The third-order valence-electron chi connectivity index (χ3n) is 0.333. The Hall–Kier alpha value is 2.33.